The monoisotopic (exact) mass is 851 g/mol. The summed E-state index contributed by atoms with van der Waals surface area (Å²) in [6.07, 6.45) is 7.53. The van der Waals surface area contributed by atoms with Crippen LogP contribution in [0.2, 0.25) is 4.34 Å². The lowest BCUT2D eigenvalue weighted by Gasteiger charge is -2.18. The lowest BCUT2D eigenvalue weighted by Crippen LogP contribution is -2.21. The number of aliphatic carboxylic acids is 1. The molecule has 3 N–H and O–H groups in total. The average molecular weight is 852 g/mol. The number of methoxy groups -OCH3 is 1. The number of aromatic amines is 1. The molecule has 0 radical (unpaired) electrons. The van der Waals surface area contributed by atoms with Crippen molar-refractivity contribution in [3.8, 4) is 22.1 Å². The highest BCUT2D eigenvalue weighted by Gasteiger charge is 2.32. The average Bonchev–Trinajstić information content (AvgIpc) is 4.07. The van der Waals surface area contributed by atoms with E-state index in [2.05, 4.69) is 51.9 Å². The number of carboxylic acid groups (broad SMARTS) is 1. The fraction of sp³-hybridized carbons (Fsp3) is 0.395. The first-order chi connectivity index (χ1) is 29.0. The second kappa shape index (κ2) is 17.0. The topological polar surface area (TPSA) is 192 Å². The van der Waals surface area contributed by atoms with Crippen molar-refractivity contribution in [2.24, 2.45) is 0 Å². The number of nitrogens with zero attached hydrogens (tertiary/aromatic N) is 7. The number of esters is 1. The quantitative estimate of drug-likeness (QED) is 0.0725. The maximum atomic E-state index is 14.7. The van der Waals surface area contributed by atoms with Crippen LogP contribution in [0.25, 0.3) is 10.6 Å². The van der Waals surface area contributed by atoms with Crippen molar-refractivity contribution in [2.45, 2.75) is 105 Å². The molecule has 4 heterocycles. The number of thiophene rings is 1. The minimum atomic E-state index is -1.09. The zero-order valence-electron chi connectivity index (χ0n) is 34.2. The molecular formula is C43H46ClN9O6S. The molecular weight excluding hydrogens is 806 g/mol. The number of hydrogen-bond donors (Lipinski definition) is 3. The first-order valence-electron chi connectivity index (χ1n) is 20.2. The van der Waals surface area contributed by atoms with Crippen molar-refractivity contribution >= 4 is 46.7 Å². The van der Waals surface area contributed by atoms with Crippen LogP contribution in [0.5, 0.6) is 11.5 Å². The van der Waals surface area contributed by atoms with Crippen molar-refractivity contribution in [2.75, 3.05) is 12.4 Å². The molecule has 1 amide bonds. The van der Waals surface area contributed by atoms with E-state index in [0.717, 1.165) is 94.6 Å². The lowest BCUT2D eigenvalue weighted by atomic mass is 9.92. The Balaban J connectivity index is 1.16. The first-order valence-corrected chi connectivity index (χ1v) is 21.4. The van der Waals surface area contributed by atoms with Gasteiger partial charge in [0.05, 0.1) is 27.7 Å². The van der Waals surface area contributed by atoms with Gasteiger partial charge in [0, 0.05) is 29.7 Å². The van der Waals surface area contributed by atoms with E-state index in [1.165, 1.54) is 27.1 Å². The van der Waals surface area contributed by atoms with Gasteiger partial charge in [-0.25, -0.2) is 9.89 Å². The van der Waals surface area contributed by atoms with Gasteiger partial charge in [0.15, 0.2) is 5.69 Å². The zero-order chi connectivity index (χ0) is 42.2. The predicted octanol–water partition coefficient (Wildman–Crippen LogP) is 6.83. The molecule has 0 saturated carbocycles. The fourth-order valence-corrected chi connectivity index (χ4v) is 10.3. The van der Waals surface area contributed by atoms with E-state index in [1.807, 2.05) is 19.9 Å². The number of carbonyl (C=O) groups excluding carboxylic acids is 2. The molecule has 0 spiro atoms. The fourth-order valence-electron chi connectivity index (χ4n) is 9.18. The summed E-state index contributed by atoms with van der Waals surface area (Å²) in [6, 6.07) is 7.80. The van der Waals surface area contributed by atoms with Crippen LogP contribution in [0.4, 0.5) is 5.95 Å². The van der Waals surface area contributed by atoms with Gasteiger partial charge in [0.2, 0.25) is 11.9 Å². The zero-order valence-corrected chi connectivity index (χ0v) is 35.8. The van der Waals surface area contributed by atoms with E-state index in [0.29, 0.717) is 51.9 Å². The molecule has 0 bridgehead atoms. The van der Waals surface area contributed by atoms with E-state index < -0.39 is 18.5 Å². The highest BCUT2D eigenvalue weighted by atomic mass is 35.5. The molecule has 312 valence electrons. The van der Waals surface area contributed by atoms with Gasteiger partial charge >= 0.3 is 11.9 Å². The van der Waals surface area contributed by atoms with Gasteiger partial charge in [-0.3, -0.25) is 24.3 Å². The van der Waals surface area contributed by atoms with Crippen LogP contribution in [0.3, 0.4) is 0 Å². The Morgan fingerprint density at radius 1 is 0.883 bits per heavy atom. The summed E-state index contributed by atoms with van der Waals surface area (Å²) in [4.78, 5) is 40.5. The first kappa shape index (κ1) is 40.9. The van der Waals surface area contributed by atoms with Gasteiger partial charge in [-0.15, -0.1) is 11.3 Å². The largest absolute Gasteiger partial charge is 0.496 e. The number of anilines is 1. The summed E-state index contributed by atoms with van der Waals surface area (Å²) in [7, 11) is 1.69. The van der Waals surface area contributed by atoms with Crippen LogP contribution in [0, 0.1) is 13.8 Å². The number of halogens is 1. The number of carbonyl (C=O) groups is 3. The summed E-state index contributed by atoms with van der Waals surface area (Å²) >= 11 is 7.75. The normalized spacial score (nSPS) is 13.1. The van der Waals surface area contributed by atoms with Crippen LogP contribution >= 0.6 is 22.9 Å². The third-order valence-corrected chi connectivity index (χ3v) is 12.8. The van der Waals surface area contributed by atoms with Crippen LogP contribution in [0.15, 0.2) is 24.3 Å². The molecule has 15 nitrogen and oxygen atoms in total. The molecule has 2 aliphatic carbocycles. The molecule has 2 aliphatic rings. The molecule has 0 fully saturated rings. The number of fused-ring (bicyclic) bond motifs is 2. The maximum Gasteiger partial charge on any atom is 0.364 e. The molecule has 8 rings (SSSR count). The minimum absolute atomic E-state index is 0.00883. The second-order valence-electron chi connectivity index (χ2n) is 15.3. The van der Waals surface area contributed by atoms with E-state index in [-0.39, 0.29) is 24.1 Å². The number of carboxylic acids is 1. The van der Waals surface area contributed by atoms with Gasteiger partial charge in [0.1, 0.15) is 24.6 Å². The van der Waals surface area contributed by atoms with E-state index in [1.54, 1.807) is 17.9 Å². The van der Waals surface area contributed by atoms with E-state index >= 15 is 0 Å². The Hall–Kier alpha value is -5.87. The standard InChI is InChI=1S/C43H46ClN9O6S/c1-6-32-30(33(7-2)52(48-32)20-36(54)45-43-46-50-51-47-43)18-24-17-23(4)41(29-13-9-11-27(24)29)59-42(57)38-31(19-25-16-22(3)40(58-5)28-12-8-10-26(25)28)39(34-14-15-35(44)60-34)53(49-38)21-37(55)56/h14-17H,6-13,18-21H2,1-5H3,(H,55,56)(H2,45,46,47,50,51,54). The molecule has 60 heavy (non-hydrogen) atoms. The molecule has 0 unspecified atom stereocenters. The molecule has 0 saturated heterocycles. The number of benzene rings is 2. The van der Waals surface area contributed by atoms with Gasteiger partial charge in [-0.05, 0) is 132 Å². The minimum Gasteiger partial charge on any atom is -0.496 e. The number of aryl methyl sites for hydroxylation is 3. The number of ether oxygens (including phenoxy) is 2. The van der Waals surface area contributed by atoms with Crippen molar-refractivity contribution in [3.05, 3.63) is 101 Å². The molecule has 2 aromatic carbocycles. The summed E-state index contributed by atoms with van der Waals surface area (Å²) in [6.45, 7) is 7.64. The van der Waals surface area contributed by atoms with Crippen molar-refractivity contribution < 1.29 is 29.0 Å². The highest BCUT2D eigenvalue weighted by Crippen LogP contribution is 2.42. The van der Waals surface area contributed by atoms with E-state index in [9.17, 15) is 19.5 Å². The molecule has 17 heteroatoms. The van der Waals surface area contributed by atoms with Gasteiger partial charge in [0.25, 0.3) is 0 Å². The summed E-state index contributed by atoms with van der Waals surface area (Å²) in [5, 5.41) is 35.6. The van der Waals surface area contributed by atoms with Crippen molar-refractivity contribution in [1.29, 1.82) is 0 Å². The van der Waals surface area contributed by atoms with Crippen LogP contribution in [-0.2, 0) is 74.0 Å². The molecule has 0 atom stereocenters. The van der Waals surface area contributed by atoms with Crippen LogP contribution in [-0.4, -0.2) is 70.2 Å². The van der Waals surface area contributed by atoms with Gasteiger partial charge in [-0.1, -0.05) is 42.7 Å². The number of tetrazole rings is 1. The second-order valence-corrected chi connectivity index (χ2v) is 17.0. The lowest BCUT2D eigenvalue weighted by molar-refractivity contribution is -0.137. The summed E-state index contributed by atoms with van der Waals surface area (Å²) < 4.78 is 15.9. The summed E-state index contributed by atoms with van der Waals surface area (Å²) in [5.74, 6) is -0.465. The number of nitrogens with one attached hydrogen (secondary N) is 2. The van der Waals surface area contributed by atoms with Gasteiger partial charge in [-0.2, -0.15) is 10.2 Å². The van der Waals surface area contributed by atoms with Gasteiger partial charge < -0.3 is 14.6 Å². The van der Waals surface area contributed by atoms with Crippen LogP contribution in [0.1, 0.15) is 104 Å². The Morgan fingerprint density at radius 3 is 2.15 bits per heavy atom. The predicted molar refractivity (Wildman–Crippen MR) is 226 cm³/mol. The summed E-state index contributed by atoms with van der Waals surface area (Å²) in [5.41, 5.74) is 12.7. The highest BCUT2D eigenvalue weighted by molar-refractivity contribution is 7.19. The number of rotatable bonds is 15. The Labute approximate surface area is 355 Å². The third-order valence-electron chi connectivity index (χ3n) is 11.5. The van der Waals surface area contributed by atoms with Crippen LogP contribution < -0.4 is 14.8 Å². The molecule has 6 aromatic rings. The van der Waals surface area contributed by atoms with Crippen molar-refractivity contribution in [3.63, 3.8) is 0 Å². The Morgan fingerprint density at radius 2 is 1.55 bits per heavy atom. The van der Waals surface area contributed by atoms with Crippen molar-refractivity contribution in [1.82, 2.24) is 40.2 Å². The molecule has 4 aromatic heterocycles. The number of aromatic nitrogens is 8. The number of hydrogen-bond acceptors (Lipinski definition) is 11. The van der Waals surface area contributed by atoms with E-state index in [4.69, 9.17) is 31.3 Å². The maximum absolute atomic E-state index is 14.7. The SMILES string of the molecule is CCc1nn(CC(=O)Nc2nnn[nH]2)c(CC)c1Cc1cc(C)c(OC(=O)c2nn(CC(=O)O)c(-c3ccc(Cl)s3)c2Cc2cc(C)c(OC)c3c2CCC3)c2c1CCC2. The number of amides is 1. The Bertz CT molecular complexity index is 2640. The smallest absolute Gasteiger partial charge is 0.364 e. The molecule has 0 aliphatic heterocycles. The number of H-pyrrole nitrogens is 1. The third kappa shape index (κ3) is 7.81. The Kier molecular flexibility index (Phi) is 11.6.